The third-order valence-corrected chi connectivity index (χ3v) is 2.76. The van der Waals surface area contributed by atoms with Gasteiger partial charge in [-0.05, 0) is 28.7 Å². The number of hydrogen-bond donors (Lipinski definition) is 1. The molecule has 7 heteroatoms. The monoisotopic (exact) mass is 343 g/mol. The highest BCUT2D eigenvalue weighted by molar-refractivity contribution is 14.1. The summed E-state index contributed by atoms with van der Waals surface area (Å²) >= 11 is 1.78. The summed E-state index contributed by atoms with van der Waals surface area (Å²) in [7, 11) is 1.26. The molecule has 0 saturated carbocycles. The molecule has 0 bridgehead atoms. The zero-order valence-electron chi connectivity index (χ0n) is 8.21. The molecule has 1 aromatic rings. The number of rotatable bonds is 4. The van der Waals surface area contributed by atoms with Crippen LogP contribution in [0.4, 0.5) is 8.78 Å². The first-order valence-corrected chi connectivity index (χ1v) is 5.26. The lowest BCUT2D eigenvalue weighted by Crippen LogP contribution is -2.07. The Balaban J connectivity index is 3.22. The zero-order valence-corrected chi connectivity index (χ0v) is 10.4. The van der Waals surface area contributed by atoms with Gasteiger partial charge in [-0.2, -0.15) is 0 Å². The molecule has 88 valence electrons. The van der Waals surface area contributed by atoms with E-state index in [1.54, 1.807) is 22.6 Å². The van der Waals surface area contributed by atoms with Crippen LogP contribution >= 0.6 is 22.6 Å². The molecule has 0 unspecified atom stereocenters. The number of hydrogen-bond acceptors (Lipinski definition) is 3. The summed E-state index contributed by atoms with van der Waals surface area (Å²) in [5, 5.41) is 8.65. The van der Waals surface area contributed by atoms with E-state index in [9.17, 15) is 13.6 Å². The van der Waals surface area contributed by atoms with Crippen LogP contribution in [-0.2, 0) is 11.2 Å². The summed E-state index contributed by atoms with van der Waals surface area (Å²) in [6.45, 7) is 0. The summed E-state index contributed by atoms with van der Waals surface area (Å²) < 4.78 is 30.0. The number of pyridine rings is 1. The van der Waals surface area contributed by atoms with E-state index in [0.29, 0.717) is 9.13 Å². The van der Waals surface area contributed by atoms with Gasteiger partial charge in [-0.1, -0.05) is 0 Å². The Hall–Kier alpha value is -0.990. The molecular formula is C9H8F2INO3. The van der Waals surface area contributed by atoms with E-state index in [-0.39, 0.29) is 12.3 Å². The molecule has 0 radical (unpaired) electrons. The van der Waals surface area contributed by atoms with Gasteiger partial charge >= 0.3 is 5.97 Å². The molecule has 0 amide bonds. The van der Waals surface area contributed by atoms with Crippen molar-refractivity contribution in [3.8, 4) is 5.88 Å². The molecule has 1 N–H and O–H groups in total. The Morgan fingerprint density at radius 3 is 2.75 bits per heavy atom. The summed E-state index contributed by atoms with van der Waals surface area (Å²) in [6, 6.07) is 1.16. The van der Waals surface area contributed by atoms with Gasteiger partial charge in [0.25, 0.3) is 6.43 Å². The van der Waals surface area contributed by atoms with Crippen LogP contribution in [0, 0.1) is 3.57 Å². The van der Waals surface area contributed by atoms with Crippen LogP contribution in [-0.4, -0.2) is 23.2 Å². The second kappa shape index (κ2) is 5.37. The molecular weight excluding hydrogens is 335 g/mol. The summed E-state index contributed by atoms with van der Waals surface area (Å²) in [5.74, 6) is -1.13. The second-order valence-electron chi connectivity index (χ2n) is 2.89. The van der Waals surface area contributed by atoms with E-state index in [1.165, 1.54) is 7.11 Å². The van der Waals surface area contributed by atoms with Crippen molar-refractivity contribution in [3.63, 3.8) is 0 Å². The molecule has 0 aliphatic heterocycles. The van der Waals surface area contributed by atoms with Crippen LogP contribution in [0.15, 0.2) is 6.07 Å². The molecule has 0 aliphatic carbocycles. The van der Waals surface area contributed by atoms with Crippen molar-refractivity contribution in [2.75, 3.05) is 7.11 Å². The first-order valence-electron chi connectivity index (χ1n) is 4.19. The smallest absolute Gasteiger partial charge is 0.308 e. The quantitative estimate of drug-likeness (QED) is 0.852. The van der Waals surface area contributed by atoms with E-state index in [0.717, 1.165) is 6.07 Å². The molecule has 1 heterocycles. The third kappa shape index (κ3) is 3.00. The molecule has 1 rings (SSSR count). The maximum atomic E-state index is 12.4. The molecule has 16 heavy (non-hydrogen) atoms. The van der Waals surface area contributed by atoms with Crippen LogP contribution in [0.3, 0.4) is 0 Å². The third-order valence-electron chi connectivity index (χ3n) is 1.80. The van der Waals surface area contributed by atoms with Gasteiger partial charge in [-0.25, -0.2) is 13.8 Å². The Kier molecular flexibility index (Phi) is 4.39. The zero-order chi connectivity index (χ0) is 12.3. The second-order valence-corrected chi connectivity index (χ2v) is 4.05. The Labute approximate surface area is 104 Å². The van der Waals surface area contributed by atoms with Crippen molar-refractivity contribution in [1.82, 2.24) is 4.98 Å². The number of carboxylic acids is 1. The molecule has 0 fully saturated rings. The number of aromatic nitrogens is 1. The van der Waals surface area contributed by atoms with Gasteiger partial charge in [-0.15, -0.1) is 0 Å². The minimum atomic E-state index is -2.71. The average Bonchev–Trinajstić information content (AvgIpc) is 2.19. The van der Waals surface area contributed by atoms with Crippen molar-refractivity contribution in [1.29, 1.82) is 0 Å². The van der Waals surface area contributed by atoms with Gasteiger partial charge in [0.15, 0.2) is 0 Å². The molecule has 0 aliphatic rings. The van der Waals surface area contributed by atoms with Gasteiger partial charge in [0.05, 0.1) is 13.5 Å². The Bertz CT molecular complexity index is 412. The number of carboxylic acid groups (broad SMARTS) is 1. The van der Waals surface area contributed by atoms with E-state index in [2.05, 4.69) is 4.98 Å². The molecule has 0 saturated heterocycles. The predicted octanol–water partition coefficient (Wildman–Crippen LogP) is 2.26. The predicted molar refractivity (Wildman–Crippen MR) is 59.8 cm³/mol. The fraction of sp³-hybridized carbons (Fsp3) is 0.333. The standard InChI is InChI=1S/C9H8F2INO3/c1-16-9-4(2-7(14)15)5(12)3-6(13-9)8(10)11/h3,8H,2H2,1H3,(H,14,15). The maximum Gasteiger partial charge on any atom is 0.308 e. The Morgan fingerprint density at radius 1 is 1.69 bits per heavy atom. The highest BCUT2D eigenvalue weighted by atomic mass is 127. The van der Waals surface area contributed by atoms with Crippen LogP contribution in [0.25, 0.3) is 0 Å². The number of alkyl halides is 2. The van der Waals surface area contributed by atoms with E-state index >= 15 is 0 Å². The van der Waals surface area contributed by atoms with Gasteiger partial charge < -0.3 is 9.84 Å². The minimum Gasteiger partial charge on any atom is -0.481 e. The van der Waals surface area contributed by atoms with Crippen molar-refractivity contribution in [2.45, 2.75) is 12.8 Å². The average molecular weight is 343 g/mol. The highest BCUT2D eigenvalue weighted by Gasteiger charge is 2.18. The SMILES string of the molecule is COc1nc(C(F)F)cc(I)c1CC(=O)O. The number of carbonyl (C=O) groups is 1. The van der Waals surface area contributed by atoms with Crippen molar-refractivity contribution >= 4 is 28.6 Å². The maximum absolute atomic E-state index is 12.4. The number of nitrogens with zero attached hydrogens (tertiary/aromatic N) is 1. The molecule has 0 aromatic carbocycles. The summed E-state index contributed by atoms with van der Waals surface area (Å²) in [5.41, 5.74) is -0.115. The topological polar surface area (TPSA) is 59.4 Å². The van der Waals surface area contributed by atoms with Crippen LogP contribution < -0.4 is 4.74 Å². The normalized spacial score (nSPS) is 10.6. The largest absolute Gasteiger partial charge is 0.481 e. The fourth-order valence-electron chi connectivity index (χ4n) is 1.13. The number of methoxy groups -OCH3 is 1. The Morgan fingerprint density at radius 2 is 2.31 bits per heavy atom. The summed E-state index contributed by atoms with van der Waals surface area (Å²) in [6.07, 6.45) is -3.01. The van der Waals surface area contributed by atoms with Gasteiger partial charge in [0.2, 0.25) is 5.88 Å². The van der Waals surface area contributed by atoms with E-state index in [4.69, 9.17) is 9.84 Å². The fourth-order valence-corrected chi connectivity index (χ4v) is 1.87. The first kappa shape index (κ1) is 13.1. The number of halogens is 3. The molecule has 4 nitrogen and oxygen atoms in total. The molecule has 0 spiro atoms. The minimum absolute atomic E-state index is 0.0652. The molecule has 0 atom stereocenters. The van der Waals surface area contributed by atoms with Gasteiger partial charge in [0, 0.05) is 9.13 Å². The van der Waals surface area contributed by atoms with Gasteiger partial charge in [0.1, 0.15) is 5.69 Å². The van der Waals surface area contributed by atoms with Gasteiger partial charge in [-0.3, -0.25) is 4.79 Å². The van der Waals surface area contributed by atoms with Crippen LogP contribution in [0.2, 0.25) is 0 Å². The lowest BCUT2D eigenvalue weighted by atomic mass is 10.2. The highest BCUT2D eigenvalue weighted by Crippen LogP contribution is 2.27. The van der Waals surface area contributed by atoms with Crippen molar-refractivity contribution < 1.29 is 23.4 Å². The van der Waals surface area contributed by atoms with Crippen molar-refractivity contribution in [2.24, 2.45) is 0 Å². The van der Waals surface area contributed by atoms with E-state index < -0.39 is 18.1 Å². The molecule has 1 aromatic heterocycles. The van der Waals surface area contributed by atoms with Crippen LogP contribution in [0.5, 0.6) is 5.88 Å². The number of aliphatic carboxylic acids is 1. The van der Waals surface area contributed by atoms with E-state index in [1.807, 2.05) is 0 Å². The first-order chi connectivity index (χ1) is 7.45. The lowest BCUT2D eigenvalue weighted by Gasteiger charge is -2.10. The van der Waals surface area contributed by atoms with Crippen LogP contribution in [0.1, 0.15) is 17.7 Å². The summed E-state index contributed by atoms with van der Waals surface area (Å²) in [4.78, 5) is 14.1. The lowest BCUT2D eigenvalue weighted by molar-refractivity contribution is -0.136. The van der Waals surface area contributed by atoms with Crippen molar-refractivity contribution in [3.05, 3.63) is 20.9 Å². The number of ether oxygens (including phenoxy) is 1.